The van der Waals surface area contributed by atoms with E-state index < -0.39 is 0 Å². The smallest absolute Gasteiger partial charge is 0.165 e. The van der Waals surface area contributed by atoms with E-state index >= 15 is 0 Å². The molecule has 1 aliphatic heterocycles. The van der Waals surface area contributed by atoms with Gasteiger partial charge in [-0.2, -0.15) is 11.8 Å². The van der Waals surface area contributed by atoms with Crippen LogP contribution in [0, 0.1) is 0 Å². The van der Waals surface area contributed by atoms with Crippen LogP contribution >= 0.6 is 11.8 Å². The third kappa shape index (κ3) is 3.30. The number of thioether (sulfide) groups is 1. The molecule has 94 valence electrons. The molecule has 4 heteroatoms. The van der Waals surface area contributed by atoms with Crippen molar-refractivity contribution in [2.45, 2.75) is 19.5 Å². The molecule has 2 rings (SSSR count). The molecule has 0 fully saturated rings. The molecule has 0 aromatic heterocycles. The molecule has 1 aromatic carbocycles. The van der Waals surface area contributed by atoms with Crippen LogP contribution in [0.25, 0.3) is 0 Å². The summed E-state index contributed by atoms with van der Waals surface area (Å²) in [6, 6.07) is 6.57. The zero-order chi connectivity index (χ0) is 12.1. The van der Waals surface area contributed by atoms with Gasteiger partial charge in [-0.05, 0) is 19.2 Å². The van der Waals surface area contributed by atoms with E-state index in [1.807, 2.05) is 23.9 Å². The fourth-order valence-corrected chi connectivity index (χ4v) is 2.48. The van der Waals surface area contributed by atoms with Gasteiger partial charge in [0.25, 0.3) is 0 Å². The van der Waals surface area contributed by atoms with Gasteiger partial charge in [-0.1, -0.05) is 12.1 Å². The van der Waals surface area contributed by atoms with Crippen molar-refractivity contribution >= 4 is 11.8 Å². The van der Waals surface area contributed by atoms with Gasteiger partial charge >= 0.3 is 0 Å². The molecule has 17 heavy (non-hydrogen) atoms. The summed E-state index contributed by atoms with van der Waals surface area (Å²) >= 11 is 1.86. The summed E-state index contributed by atoms with van der Waals surface area (Å²) in [5.74, 6) is 2.89. The summed E-state index contributed by atoms with van der Waals surface area (Å²) in [4.78, 5) is 0. The number of para-hydroxylation sites is 1. The highest BCUT2D eigenvalue weighted by Crippen LogP contribution is 2.33. The summed E-state index contributed by atoms with van der Waals surface area (Å²) in [5.41, 5.74) is 1.18. The third-order valence-corrected chi connectivity index (χ3v) is 3.54. The van der Waals surface area contributed by atoms with Crippen molar-refractivity contribution in [1.29, 1.82) is 0 Å². The van der Waals surface area contributed by atoms with Gasteiger partial charge in [-0.3, -0.25) is 0 Å². The average molecular weight is 253 g/mol. The summed E-state index contributed by atoms with van der Waals surface area (Å²) in [6.45, 7) is 4.31. The van der Waals surface area contributed by atoms with Crippen LogP contribution in [-0.2, 0) is 6.54 Å². The summed E-state index contributed by atoms with van der Waals surface area (Å²) < 4.78 is 11.2. The molecule has 0 bridgehead atoms. The molecule has 0 aliphatic carbocycles. The third-order valence-electron chi connectivity index (χ3n) is 2.71. The first-order chi connectivity index (χ1) is 8.31. The SMILES string of the molecule is CSCC(C)NCc1cccc2c1OCCO2. The number of hydrogen-bond acceptors (Lipinski definition) is 4. The first-order valence-electron chi connectivity index (χ1n) is 5.91. The van der Waals surface area contributed by atoms with Crippen molar-refractivity contribution in [1.82, 2.24) is 5.32 Å². The van der Waals surface area contributed by atoms with E-state index in [1.54, 1.807) is 0 Å². The van der Waals surface area contributed by atoms with E-state index in [0.717, 1.165) is 23.8 Å². The molecule has 1 atom stereocenters. The Morgan fingerprint density at radius 2 is 2.18 bits per heavy atom. The largest absolute Gasteiger partial charge is 0.486 e. The minimum absolute atomic E-state index is 0.505. The summed E-state index contributed by atoms with van der Waals surface area (Å²) in [5, 5.41) is 3.49. The van der Waals surface area contributed by atoms with Gasteiger partial charge in [0.2, 0.25) is 0 Å². The monoisotopic (exact) mass is 253 g/mol. The minimum atomic E-state index is 0.505. The van der Waals surface area contributed by atoms with Crippen molar-refractivity contribution in [2.75, 3.05) is 25.2 Å². The fraction of sp³-hybridized carbons (Fsp3) is 0.538. The summed E-state index contributed by atoms with van der Waals surface area (Å²) in [6.07, 6.45) is 2.12. The van der Waals surface area contributed by atoms with E-state index in [1.165, 1.54) is 5.56 Å². The molecule has 1 N–H and O–H groups in total. The minimum Gasteiger partial charge on any atom is -0.486 e. The fourth-order valence-electron chi connectivity index (χ4n) is 1.87. The Bertz CT molecular complexity index is 370. The van der Waals surface area contributed by atoms with E-state index in [0.29, 0.717) is 19.3 Å². The van der Waals surface area contributed by atoms with Crippen LogP contribution in [0.3, 0.4) is 0 Å². The molecule has 0 saturated carbocycles. The number of benzene rings is 1. The lowest BCUT2D eigenvalue weighted by Gasteiger charge is -2.22. The van der Waals surface area contributed by atoms with Gasteiger partial charge in [0.1, 0.15) is 13.2 Å². The molecule has 1 unspecified atom stereocenters. The van der Waals surface area contributed by atoms with Crippen LogP contribution in [-0.4, -0.2) is 31.3 Å². The second-order valence-electron chi connectivity index (χ2n) is 4.18. The molecular weight excluding hydrogens is 234 g/mol. The molecule has 3 nitrogen and oxygen atoms in total. The normalized spacial score (nSPS) is 15.6. The number of rotatable bonds is 5. The highest BCUT2D eigenvalue weighted by atomic mass is 32.2. The highest BCUT2D eigenvalue weighted by molar-refractivity contribution is 7.98. The van der Waals surface area contributed by atoms with Gasteiger partial charge in [-0.25, -0.2) is 0 Å². The Balaban J connectivity index is 2.01. The number of ether oxygens (including phenoxy) is 2. The van der Waals surface area contributed by atoms with Gasteiger partial charge < -0.3 is 14.8 Å². The van der Waals surface area contributed by atoms with E-state index in [9.17, 15) is 0 Å². The topological polar surface area (TPSA) is 30.5 Å². The molecule has 1 heterocycles. The second-order valence-corrected chi connectivity index (χ2v) is 5.09. The lowest BCUT2D eigenvalue weighted by molar-refractivity contribution is 0.169. The molecule has 0 amide bonds. The van der Waals surface area contributed by atoms with Gasteiger partial charge in [-0.15, -0.1) is 0 Å². The first kappa shape index (κ1) is 12.6. The Morgan fingerprint density at radius 3 is 3.00 bits per heavy atom. The second kappa shape index (κ2) is 6.17. The van der Waals surface area contributed by atoms with Gasteiger partial charge in [0, 0.05) is 23.9 Å². The molecular formula is C13H19NO2S. The molecule has 0 radical (unpaired) electrons. The van der Waals surface area contributed by atoms with E-state index in [-0.39, 0.29) is 0 Å². The molecule has 0 saturated heterocycles. The first-order valence-corrected chi connectivity index (χ1v) is 7.30. The lowest BCUT2D eigenvalue weighted by atomic mass is 10.1. The quantitative estimate of drug-likeness (QED) is 0.872. The standard InChI is InChI=1S/C13H19NO2S/c1-10(9-17-2)14-8-11-4-3-5-12-13(11)16-7-6-15-12/h3-5,10,14H,6-9H2,1-2H3. The van der Waals surface area contributed by atoms with Crippen LogP contribution in [0.15, 0.2) is 18.2 Å². The lowest BCUT2D eigenvalue weighted by Crippen LogP contribution is -2.28. The number of hydrogen-bond donors (Lipinski definition) is 1. The van der Waals surface area contributed by atoms with Crippen LogP contribution in [0.2, 0.25) is 0 Å². The Hall–Kier alpha value is -0.870. The van der Waals surface area contributed by atoms with Crippen LogP contribution in [0.5, 0.6) is 11.5 Å². The predicted octanol–water partition coefficient (Wildman–Crippen LogP) is 2.30. The van der Waals surface area contributed by atoms with Crippen molar-refractivity contribution < 1.29 is 9.47 Å². The average Bonchev–Trinajstić information content (AvgIpc) is 2.36. The maximum absolute atomic E-state index is 5.68. The molecule has 0 spiro atoms. The van der Waals surface area contributed by atoms with Crippen LogP contribution in [0.1, 0.15) is 12.5 Å². The van der Waals surface area contributed by atoms with Gasteiger partial charge in [0.15, 0.2) is 11.5 Å². The zero-order valence-corrected chi connectivity index (χ0v) is 11.2. The highest BCUT2D eigenvalue weighted by Gasteiger charge is 2.15. The van der Waals surface area contributed by atoms with Gasteiger partial charge in [0.05, 0.1) is 0 Å². The summed E-state index contributed by atoms with van der Waals surface area (Å²) in [7, 11) is 0. The maximum atomic E-state index is 5.68. The van der Waals surface area contributed by atoms with E-state index in [2.05, 4.69) is 24.6 Å². The van der Waals surface area contributed by atoms with Crippen LogP contribution in [0.4, 0.5) is 0 Å². The number of fused-ring (bicyclic) bond motifs is 1. The molecule has 1 aliphatic rings. The van der Waals surface area contributed by atoms with Crippen LogP contribution < -0.4 is 14.8 Å². The maximum Gasteiger partial charge on any atom is 0.165 e. The van der Waals surface area contributed by atoms with E-state index in [4.69, 9.17) is 9.47 Å². The van der Waals surface area contributed by atoms with Crippen molar-refractivity contribution in [3.05, 3.63) is 23.8 Å². The zero-order valence-electron chi connectivity index (χ0n) is 10.4. The predicted molar refractivity (Wildman–Crippen MR) is 72.1 cm³/mol. The Labute approximate surface area is 107 Å². The Kier molecular flexibility index (Phi) is 4.57. The number of nitrogens with one attached hydrogen (secondary N) is 1. The van der Waals surface area contributed by atoms with Crippen molar-refractivity contribution in [2.24, 2.45) is 0 Å². The molecule has 1 aromatic rings. The Morgan fingerprint density at radius 1 is 1.35 bits per heavy atom. The van der Waals surface area contributed by atoms with Crippen molar-refractivity contribution in [3.8, 4) is 11.5 Å². The van der Waals surface area contributed by atoms with Crippen molar-refractivity contribution in [3.63, 3.8) is 0 Å².